The van der Waals surface area contributed by atoms with Crippen molar-refractivity contribution in [2.45, 2.75) is 11.8 Å². The van der Waals surface area contributed by atoms with Gasteiger partial charge in [-0.2, -0.15) is 0 Å². The van der Waals surface area contributed by atoms with Crippen LogP contribution in [0.1, 0.15) is 34.1 Å². The molecule has 1 fully saturated rings. The van der Waals surface area contributed by atoms with Crippen molar-refractivity contribution in [3.05, 3.63) is 100 Å². The minimum atomic E-state index is -0.376. The molecule has 136 valence electrons. The quantitative estimate of drug-likeness (QED) is 0.567. The van der Waals surface area contributed by atoms with Crippen LogP contribution in [0.4, 0.5) is 5.69 Å². The summed E-state index contributed by atoms with van der Waals surface area (Å²) in [4.78, 5) is 28.4. The average Bonchev–Trinajstić information content (AvgIpc) is 2.99. The number of hydrogen-bond acceptors (Lipinski definition) is 2. The Kier molecular flexibility index (Phi) is 3.19. The average molecular weight is 386 g/mol. The summed E-state index contributed by atoms with van der Waals surface area (Å²) in [5, 5.41) is 0.422. The van der Waals surface area contributed by atoms with Crippen LogP contribution in [0, 0.1) is 11.8 Å². The predicted molar refractivity (Wildman–Crippen MR) is 107 cm³/mol. The van der Waals surface area contributed by atoms with E-state index >= 15 is 0 Å². The molecule has 0 aromatic heterocycles. The Morgan fingerprint density at radius 2 is 1.00 bits per heavy atom. The van der Waals surface area contributed by atoms with Crippen LogP contribution in [0.15, 0.2) is 72.8 Å². The molecule has 0 N–H and O–H groups in total. The summed E-state index contributed by atoms with van der Waals surface area (Å²) in [5.41, 5.74) is 5.19. The van der Waals surface area contributed by atoms with Gasteiger partial charge in [-0.15, -0.1) is 0 Å². The number of imide groups is 1. The number of amides is 2. The van der Waals surface area contributed by atoms with Gasteiger partial charge in [0.1, 0.15) is 0 Å². The van der Waals surface area contributed by atoms with E-state index in [4.69, 9.17) is 11.6 Å². The summed E-state index contributed by atoms with van der Waals surface area (Å²) < 4.78 is 0. The Hall–Kier alpha value is -2.91. The van der Waals surface area contributed by atoms with Crippen LogP contribution in [0.2, 0.25) is 5.02 Å². The molecule has 4 aliphatic rings. The first kappa shape index (κ1) is 16.1. The Balaban J connectivity index is 1.59. The van der Waals surface area contributed by atoms with Crippen molar-refractivity contribution in [2.75, 3.05) is 4.90 Å². The fraction of sp³-hybridized carbons (Fsp3) is 0.167. The third-order valence-electron chi connectivity index (χ3n) is 6.54. The molecular weight excluding hydrogens is 370 g/mol. The molecule has 7 rings (SSSR count). The molecule has 28 heavy (non-hydrogen) atoms. The van der Waals surface area contributed by atoms with E-state index in [1.807, 2.05) is 30.3 Å². The second-order valence-corrected chi connectivity index (χ2v) is 8.14. The van der Waals surface area contributed by atoms with Crippen molar-refractivity contribution in [3.8, 4) is 0 Å². The lowest BCUT2D eigenvalue weighted by molar-refractivity contribution is -0.122. The zero-order valence-corrected chi connectivity index (χ0v) is 15.6. The lowest BCUT2D eigenvalue weighted by Crippen LogP contribution is -2.41. The van der Waals surface area contributed by atoms with Crippen molar-refractivity contribution in [2.24, 2.45) is 11.8 Å². The molecule has 0 spiro atoms. The first-order valence-electron chi connectivity index (χ1n) is 9.48. The largest absolute Gasteiger partial charge is 0.274 e. The maximum atomic E-state index is 13.6. The highest BCUT2D eigenvalue weighted by atomic mass is 35.5. The molecule has 0 saturated carbocycles. The number of nitrogens with zero attached hydrogens (tertiary/aromatic N) is 1. The normalized spacial score (nSPS) is 26.8. The van der Waals surface area contributed by atoms with E-state index in [0.29, 0.717) is 10.7 Å². The smallest absolute Gasteiger partial charge is 0.238 e. The van der Waals surface area contributed by atoms with Gasteiger partial charge in [0.05, 0.1) is 22.5 Å². The van der Waals surface area contributed by atoms with E-state index in [-0.39, 0.29) is 35.5 Å². The molecule has 2 amide bonds. The number of benzene rings is 3. The van der Waals surface area contributed by atoms with Crippen LogP contribution in [0.5, 0.6) is 0 Å². The zero-order valence-electron chi connectivity index (χ0n) is 14.9. The fourth-order valence-electron chi connectivity index (χ4n) is 5.55. The highest BCUT2D eigenvalue weighted by molar-refractivity contribution is 6.36. The number of carbonyl (C=O) groups is 2. The van der Waals surface area contributed by atoms with E-state index in [1.54, 1.807) is 18.2 Å². The predicted octanol–water partition coefficient (Wildman–Crippen LogP) is 4.74. The molecule has 2 bridgehead atoms. The highest BCUT2D eigenvalue weighted by Crippen LogP contribution is 2.61. The molecule has 0 radical (unpaired) electrons. The van der Waals surface area contributed by atoms with Crippen molar-refractivity contribution >= 4 is 29.1 Å². The van der Waals surface area contributed by atoms with E-state index in [2.05, 4.69) is 24.3 Å². The number of hydrogen-bond donors (Lipinski definition) is 0. The lowest BCUT2D eigenvalue weighted by atomic mass is 9.55. The van der Waals surface area contributed by atoms with Crippen LogP contribution in [0.25, 0.3) is 0 Å². The third-order valence-corrected chi connectivity index (χ3v) is 6.86. The fourth-order valence-corrected chi connectivity index (χ4v) is 5.77. The first-order chi connectivity index (χ1) is 13.7. The van der Waals surface area contributed by atoms with Crippen LogP contribution < -0.4 is 4.90 Å². The van der Waals surface area contributed by atoms with Crippen molar-refractivity contribution in [1.82, 2.24) is 0 Å². The standard InChI is InChI=1S/C24H16ClNO2/c25-17-11-5-6-12-18(17)26-23(27)21-19-13-7-1-2-8-14(13)20(22(21)24(26)28)16-10-4-3-9-15(16)19/h1-12,19-22H. The topological polar surface area (TPSA) is 37.4 Å². The maximum absolute atomic E-state index is 13.6. The highest BCUT2D eigenvalue weighted by Gasteiger charge is 2.61. The summed E-state index contributed by atoms with van der Waals surface area (Å²) in [6.45, 7) is 0. The van der Waals surface area contributed by atoms with E-state index in [1.165, 1.54) is 27.2 Å². The van der Waals surface area contributed by atoms with E-state index in [0.717, 1.165) is 0 Å². The SMILES string of the molecule is O=C1C2C3c4ccccc4C(c4ccccc43)C2C(=O)N1c1ccccc1Cl. The number of carbonyl (C=O) groups excluding carboxylic acids is 2. The first-order valence-corrected chi connectivity index (χ1v) is 9.86. The molecule has 4 heteroatoms. The molecule has 3 aromatic carbocycles. The number of anilines is 1. The molecule has 1 saturated heterocycles. The monoisotopic (exact) mass is 385 g/mol. The van der Waals surface area contributed by atoms with Crippen molar-refractivity contribution in [3.63, 3.8) is 0 Å². The van der Waals surface area contributed by atoms with Gasteiger partial charge in [-0.25, -0.2) is 4.90 Å². The molecule has 3 aromatic rings. The van der Waals surface area contributed by atoms with Gasteiger partial charge in [-0.05, 0) is 34.4 Å². The zero-order chi connectivity index (χ0) is 19.0. The lowest BCUT2D eigenvalue weighted by Gasteiger charge is -2.45. The van der Waals surface area contributed by atoms with Gasteiger partial charge in [-0.3, -0.25) is 9.59 Å². The van der Waals surface area contributed by atoms with Crippen LogP contribution >= 0.6 is 11.6 Å². The van der Waals surface area contributed by atoms with Crippen LogP contribution in [-0.4, -0.2) is 11.8 Å². The number of para-hydroxylation sites is 1. The summed E-state index contributed by atoms with van der Waals surface area (Å²) in [6, 6.07) is 23.6. The molecule has 3 aliphatic carbocycles. The molecule has 3 nitrogen and oxygen atoms in total. The van der Waals surface area contributed by atoms with Crippen LogP contribution in [-0.2, 0) is 9.59 Å². The second kappa shape index (κ2) is 5.55. The van der Waals surface area contributed by atoms with Gasteiger partial charge in [0.2, 0.25) is 11.8 Å². The molecule has 2 unspecified atom stereocenters. The molecular formula is C24H16ClNO2. The van der Waals surface area contributed by atoms with Gasteiger partial charge in [0.15, 0.2) is 0 Å². The Labute approximate surface area is 167 Å². The summed E-state index contributed by atoms with van der Waals surface area (Å²) in [5.74, 6) is -1.21. The molecule has 2 atom stereocenters. The Morgan fingerprint density at radius 1 is 0.607 bits per heavy atom. The Bertz CT molecular complexity index is 1060. The molecule has 1 aliphatic heterocycles. The number of rotatable bonds is 1. The third kappa shape index (κ3) is 1.85. The maximum Gasteiger partial charge on any atom is 0.238 e. The van der Waals surface area contributed by atoms with E-state index < -0.39 is 0 Å². The summed E-state index contributed by atoms with van der Waals surface area (Å²) in [6.07, 6.45) is 0. The van der Waals surface area contributed by atoms with E-state index in [9.17, 15) is 9.59 Å². The van der Waals surface area contributed by atoms with Crippen molar-refractivity contribution < 1.29 is 9.59 Å². The van der Waals surface area contributed by atoms with Crippen LogP contribution in [0.3, 0.4) is 0 Å². The van der Waals surface area contributed by atoms with Gasteiger partial charge < -0.3 is 0 Å². The van der Waals surface area contributed by atoms with Gasteiger partial charge >= 0.3 is 0 Å². The number of halogens is 1. The second-order valence-electron chi connectivity index (χ2n) is 7.73. The summed E-state index contributed by atoms with van der Waals surface area (Å²) in [7, 11) is 0. The Morgan fingerprint density at radius 3 is 1.43 bits per heavy atom. The van der Waals surface area contributed by atoms with Crippen molar-refractivity contribution in [1.29, 1.82) is 0 Å². The summed E-state index contributed by atoms with van der Waals surface area (Å²) >= 11 is 6.35. The molecule has 1 heterocycles. The van der Waals surface area contributed by atoms with Gasteiger partial charge in [-0.1, -0.05) is 72.3 Å². The van der Waals surface area contributed by atoms with Gasteiger partial charge in [0, 0.05) is 11.8 Å². The van der Waals surface area contributed by atoms with Gasteiger partial charge in [0.25, 0.3) is 0 Å². The minimum absolute atomic E-state index is 0.0914. The minimum Gasteiger partial charge on any atom is -0.274 e.